The SMILES string of the molecule is CCc1c(C)c(CC)c(Br)c(CNC(=O)OC(C)(C)C)c1C. The van der Waals surface area contributed by atoms with Crippen molar-refractivity contribution < 1.29 is 9.53 Å². The summed E-state index contributed by atoms with van der Waals surface area (Å²) in [5, 5.41) is 2.87. The molecular formula is C18H28BrNO2. The van der Waals surface area contributed by atoms with Gasteiger partial charge in [0.05, 0.1) is 0 Å². The van der Waals surface area contributed by atoms with Crippen LogP contribution in [0.3, 0.4) is 0 Å². The molecule has 0 aliphatic rings. The molecule has 4 heteroatoms. The first-order valence-corrected chi connectivity index (χ1v) is 8.67. The van der Waals surface area contributed by atoms with Crippen molar-refractivity contribution in [2.24, 2.45) is 0 Å². The Bertz CT molecular complexity index is 528. The molecule has 0 spiro atoms. The summed E-state index contributed by atoms with van der Waals surface area (Å²) in [5.74, 6) is 0. The van der Waals surface area contributed by atoms with Gasteiger partial charge in [-0.2, -0.15) is 0 Å². The minimum Gasteiger partial charge on any atom is -0.444 e. The molecule has 0 aromatic heterocycles. The van der Waals surface area contributed by atoms with Crippen molar-refractivity contribution >= 4 is 22.0 Å². The number of rotatable bonds is 4. The van der Waals surface area contributed by atoms with E-state index in [-0.39, 0.29) is 6.09 Å². The molecule has 0 fully saturated rings. The molecule has 0 aliphatic heterocycles. The highest BCUT2D eigenvalue weighted by molar-refractivity contribution is 9.10. The number of carbonyl (C=O) groups excluding carboxylic acids is 1. The van der Waals surface area contributed by atoms with Crippen molar-refractivity contribution in [3.05, 3.63) is 32.3 Å². The van der Waals surface area contributed by atoms with E-state index in [1.807, 2.05) is 20.8 Å². The molecule has 0 radical (unpaired) electrons. The molecule has 1 aromatic carbocycles. The maximum atomic E-state index is 11.9. The van der Waals surface area contributed by atoms with Crippen molar-refractivity contribution in [2.75, 3.05) is 0 Å². The summed E-state index contributed by atoms with van der Waals surface area (Å²) in [4.78, 5) is 11.9. The molecule has 1 aromatic rings. The lowest BCUT2D eigenvalue weighted by molar-refractivity contribution is 0.0523. The van der Waals surface area contributed by atoms with Gasteiger partial charge in [-0.1, -0.05) is 29.8 Å². The van der Waals surface area contributed by atoms with Crippen LogP contribution in [0.2, 0.25) is 0 Å². The number of halogens is 1. The Kier molecular flexibility index (Phi) is 6.48. The van der Waals surface area contributed by atoms with Crippen molar-refractivity contribution in [1.82, 2.24) is 5.32 Å². The second-order valence-electron chi connectivity index (χ2n) is 6.56. The zero-order valence-corrected chi connectivity index (χ0v) is 16.4. The number of carbonyl (C=O) groups is 1. The molecule has 3 nitrogen and oxygen atoms in total. The Balaban J connectivity index is 3.07. The minimum absolute atomic E-state index is 0.379. The van der Waals surface area contributed by atoms with E-state index in [1.54, 1.807) is 0 Å². The lowest BCUT2D eigenvalue weighted by atomic mass is 9.90. The van der Waals surface area contributed by atoms with Gasteiger partial charge in [-0.15, -0.1) is 0 Å². The molecule has 0 saturated carbocycles. The molecule has 0 atom stereocenters. The summed E-state index contributed by atoms with van der Waals surface area (Å²) in [6.45, 7) is 14.7. The van der Waals surface area contributed by atoms with Crippen LogP contribution in [-0.2, 0) is 24.1 Å². The predicted molar refractivity (Wildman–Crippen MR) is 95.4 cm³/mol. The summed E-state index contributed by atoms with van der Waals surface area (Å²) >= 11 is 3.73. The van der Waals surface area contributed by atoms with Crippen LogP contribution < -0.4 is 5.32 Å². The number of benzene rings is 1. The van der Waals surface area contributed by atoms with E-state index in [0.29, 0.717) is 6.54 Å². The first-order chi connectivity index (χ1) is 10.1. The lowest BCUT2D eigenvalue weighted by Crippen LogP contribution is -2.32. The monoisotopic (exact) mass is 369 g/mol. The summed E-state index contributed by atoms with van der Waals surface area (Å²) < 4.78 is 6.42. The molecule has 1 amide bonds. The number of amides is 1. The number of alkyl carbamates (subject to hydrolysis) is 1. The number of nitrogens with one attached hydrogen (secondary N) is 1. The van der Waals surface area contributed by atoms with Gasteiger partial charge in [-0.25, -0.2) is 4.79 Å². The summed E-state index contributed by atoms with van der Waals surface area (Å²) in [6, 6.07) is 0. The fraction of sp³-hybridized carbons (Fsp3) is 0.611. The highest BCUT2D eigenvalue weighted by Gasteiger charge is 2.19. The van der Waals surface area contributed by atoms with Crippen LogP contribution in [0.5, 0.6) is 0 Å². The molecule has 0 bridgehead atoms. The zero-order chi connectivity index (χ0) is 17.1. The fourth-order valence-electron chi connectivity index (χ4n) is 2.79. The third-order valence-electron chi connectivity index (χ3n) is 3.86. The molecule has 0 aliphatic carbocycles. The van der Waals surface area contributed by atoms with Gasteiger partial charge in [0.15, 0.2) is 0 Å². The number of hydrogen-bond acceptors (Lipinski definition) is 2. The molecular weight excluding hydrogens is 342 g/mol. The fourth-order valence-corrected chi connectivity index (χ4v) is 3.81. The standard InChI is InChI=1S/C18H28BrNO2/c1-8-13-11(3)14(9-2)16(19)15(12(13)4)10-20-17(21)22-18(5,6)7/h8-10H2,1-7H3,(H,20,21). The molecule has 0 unspecified atom stereocenters. The van der Waals surface area contributed by atoms with Crippen molar-refractivity contribution in [1.29, 1.82) is 0 Å². The van der Waals surface area contributed by atoms with E-state index >= 15 is 0 Å². The van der Waals surface area contributed by atoms with Gasteiger partial charge in [0.2, 0.25) is 0 Å². The lowest BCUT2D eigenvalue weighted by Gasteiger charge is -2.22. The van der Waals surface area contributed by atoms with Gasteiger partial charge >= 0.3 is 6.09 Å². The largest absolute Gasteiger partial charge is 0.444 e. The van der Waals surface area contributed by atoms with E-state index in [0.717, 1.165) is 22.9 Å². The van der Waals surface area contributed by atoms with Gasteiger partial charge < -0.3 is 10.1 Å². The molecule has 0 saturated heterocycles. The van der Waals surface area contributed by atoms with Crippen LogP contribution in [0.15, 0.2) is 4.47 Å². The van der Waals surface area contributed by atoms with Crippen LogP contribution in [0.25, 0.3) is 0 Å². The van der Waals surface area contributed by atoms with Gasteiger partial charge in [0, 0.05) is 11.0 Å². The van der Waals surface area contributed by atoms with Crippen molar-refractivity contribution in [2.45, 2.75) is 73.5 Å². The Morgan fingerprint density at radius 1 is 1.05 bits per heavy atom. The van der Waals surface area contributed by atoms with Gasteiger partial charge in [0.25, 0.3) is 0 Å². The van der Waals surface area contributed by atoms with Crippen LogP contribution >= 0.6 is 15.9 Å². The third-order valence-corrected chi connectivity index (χ3v) is 4.81. The molecule has 1 N–H and O–H groups in total. The van der Waals surface area contributed by atoms with Gasteiger partial charge in [-0.05, 0) is 75.3 Å². The zero-order valence-electron chi connectivity index (χ0n) is 14.8. The topological polar surface area (TPSA) is 38.3 Å². The summed E-state index contributed by atoms with van der Waals surface area (Å²) in [6.07, 6.45) is 1.59. The smallest absolute Gasteiger partial charge is 0.407 e. The summed E-state index contributed by atoms with van der Waals surface area (Å²) in [7, 11) is 0. The molecule has 124 valence electrons. The average molecular weight is 370 g/mol. The van der Waals surface area contributed by atoms with Crippen molar-refractivity contribution in [3.63, 3.8) is 0 Å². The Hall–Kier alpha value is -1.03. The van der Waals surface area contributed by atoms with Gasteiger partial charge in [0.1, 0.15) is 5.60 Å². The summed E-state index contributed by atoms with van der Waals surface area (Å²) in [5.41, 5.74) is 5.97. The normalized spacial score (nSPS) is 11.5. The second-order valence-corrected chi connectivity index (χ2v) is 7.36. The van der Waals surface area contributed by atoms with E-state index in [4.69, 9.17) is 4.74 Å². The van der Waals surface area contributed by atoms with Crippen LogP contribution in [0, 0.1) is 13.8 Å². The quantitative estimate of drug-likeness (QED) is 0.790. The van der Waals surface area contributed by atoms with Gasteiger partial charge in [-0.3, -0.25) is 0 Å². The minimum atomic E-state index is -0.479. The average Bonchev–Trinajstić information content (AvgIpc) is 2.37. The van der Waals surface area contributed by atoms with Crippen LogP contribution in [0.1, 0.15) is 62.4 Å². The first kappa shape index (κ1) is 19.0. The number of hydrogen-bond donors (Lipinski definition) is 1. The molecule has 1 rings (SSSR count). The Labute approximate surface area is 143 Å². The van der Waals surface area contributed by atoms with Crippen molar-refractivity contribution in [3.8, 4) is 0 Å². The van der Waals surface area contributed by atoms with E-state index in [9.17, 15) is 4.79 Å². The predicted octanol–water partition coefficient (Wildman–Crippen LogP) is 5.22. The van der Waals surface area contributed by atoms with E-state index < -0.39 is 5.60 Å². The van der Waals surface area contributed by atoms with Crippen LogP contribution in [-0.4, -0.2) is 11.7 Å². The maximum absolute atomic E-state index is 11.9. The maximum Gasteiger partial charge on any atom is 0.407 e. The Morgan fingerprint density at radius 2 is 1.55 bits per heavy atom. The van der Waals surface area contributed by atoms with E-state index in [1.165, 1.54) is 22.3 Å². The van der Waals surface area contributed by atoms with E-state index in [2.05, 4.69) is 48.9 Å². The first-order valence-electron chi connectivity index (χ1n) is 7.88. The molecule has 22 heavy (non-hydrogen) atoms. The second kappa shape index (κ2) is 7.49. The highest BCUT2D eigenvalue weighted by atomic mass is 79.9. The Morgan fingerprint density at radius 3 is 2.00 bits per heavy atom. The molecule has 0 heterocycles. The third kappa shape index (κ3) is 4.48. The number of ether oxygens (including phenoxy) is 1. The highest BCUT2D eigenvalue weighted by Crippen LogP contribution is 2.32. The van der Waals surface area contributed by atoms with Crippen LogP contribution in [0.4, 0.5) is 4.79 Å².